The SMILES string of the molecule is COC1=CC(=O)c2c(ccc3ccc(O)c(OC)c23)C1=O. The van der Waals surface area contributed by atoms with Gasteiger partial charge in [0.15, 0.2) is 23.0 Å². The molecule has 0 bridgehead atoms. The molecule has 21 heavy (non-hydrogen) atoms. The Kier molecular flexibility index (Phi) is 2.90. The van der Waals surface area contributed by atoms with Gasteiger partial charge in [-0.05, 0) is 17.5 Å². The van der Waals surface area contributed by atoms with Crippen LogP contribution in [0.15, 0.2) is 36.1 Å². The molecule has 0 aromatic heterocycles. The van der Waals surface area contributed by atoms with Gasteiger partial charge < -0.3 is 14.6 Å². The highest BCUT2D eigenvalue weighted by molar-refractivity contribution is 6.28. The Morgan fingerprint density at radius 3 is 2.38 bits per heavy atom. The first kappa shape index (κ1) is 13.2. The van der Waals surface area contributed by atoms with Gasteiger partial charge in [0.25, 0.3) is 0 Å². The Labute approximate surface area is 120 Å². The number of ketones is 2. The fraction of sp³-hybridized carbons (Fsp3) is 0.125. The van der Waals surface area contributed by atoms with Gasteiger partial charge in [-0.1, -0.05) is 12.1 Å². The molecule has 5 heteroatoms. The maximum atomic E-state index is 12.3. The first-order valence-corrected chi connectivity index (χ1v) is 6.26. The molecule has 0 unspecified atom stereocenters. The van der Waals surface area contributed by atoms with Crippen molar-refractivity contribution in [2.75, 3.05) is 14.2 Å². The Balaban J connectivity index is 2.43. The number of hydrogen-bond acceptors (Lipinski definition) is 5. The molecule has 0 amide bonds. The first-order chi connectivity index (χ1) is 10.1. The van der Waals surface area contributed by atoms with Crippen LogP contribution < -0.4 is 4.74 Å². The molecule has 2 aromatic carbocycles. The van der Waals surface area contributed by atoms with Crippen molar-refractivity contribution in [2.24, 2.45) is 0 Å². The predicted molar refractivity (Wildman–Crippen MR) is 75.9 cm³/mol. The van der Waals surface area contributed by atoms with Gasteiger partial charge in [0.05, 0.1) is 14.2 Å². The number of fused-ring (bicyclic) bond motifs is 3. The van der Waals surface area contributed by atoms with E-state index in [9.17, 15) is 14.7 Å². The number of carbonyl (C=O) groups excluding carboxylic acids is 2. The largest absolute Gasteiger partial charge is 0.504 e. The average molecular weight is 284 g/mol. The summed E-state index contributed by atoms with van der Waals surface area (Å²) in [6.45, 7) is 0. The minimum absolute atomic E-state index is 0.00553. The van der Waals surface area contributed by atoms with Gasteiger partial charge in [-0.2, -0.15) is 0 Å². The van der Waals surface area contributed by atoms with Crippen molar-refractivity contribution in [3.05, 3.63) is 47.2 Å². The Morgan fingerprint density at radius 2 is 1.71 bits per heavy atom. The molecule has 1 aliphatic carbocycles. The summed E-state index contributed by atoms with van der Waals surface area (Å²) in [5.41, 5.74) is 0.474. The van der Waals surface area contributed by atoms with Crippen molar-refractivity contribution in [2.45, 2.75) is 0 Å². The lowest BCUT2D eigenvalue weighted by Gasteiger charge is -2.18. The van der Waals surface area contributed by atoms with Crippen LogP contribution in [0.2, 0.25) is 0 Å². The normalized spacial score (nSPS) is 13.9. The fourth-order valence-electron chi connectivity index (χ4n) is 2.57. The van der Waals surface area contributed by atoms with Crippen LogP contribution in [0.4, 0.5) is 0 Å². The van der Waals surface area contributed by atoms with Crippen molar-refractivity contribution < 1.29 is 24.2 Å². The zero-order chi connectivity index (χ0) is 15.1. The summed E-state index contributed by atoms with van der Waals surface area (Å²) in [5.74, 6) is -0.610. The van der Waals surface area contributed by atoms with Crippen LogP contribution in [-0.4, -0.2) is 30.9 Å². The van der Waals surface area contributed by atoms with E-state index in [2.05, 4.69) is 0 Å². The average Bonchev–Trinajstić information content (AvgIpc) is 2.49. The van der Waals surface area contributed by atoms with Crippen molar-refractivity contribution in [3.8, 4) is 11.5 Å². The molecule has 0 saturated carbocycles. The smallest absolute Gasteiger partial charge is 0.228 e. The molecule has 0 heterocycles. The van der Waals surface area contributed by atoms with Crippen LogP contribution >= 0.6 is 0 Å². The van der Waals surface area contributed by atoms with E-state index in [1.807, 2.05) is 0 Å². The molecule has 106 valence electrons. The van der Waals surface area contributed by atoms with E-state index in [4.69, 9.17) is 9.47 Å². The van der Waals surface area contributed by atoms with Crippen LogP contribution in [0.25, 0.3) is 10.8 Å². The van der Waals surface area contributed by atoms with Crippen LogP contribution in [0.3, 0.4) is 0 Å². The topological polar surface area (TPSA) is 72.8 Å². The number of hydrogen-bond donors (Lipinski definition) is 1. The minimum atomic E-state index is -0.362. The van der Waals surface area contributed by atoms with E-state index >= 15 is 0 Å². The number of Topliss-reactive ketones (excluding diaryl/α,β-unsaturated/α-hetero) is 1. The van der Waals surface area contributed by atoms with E-state index in [-0.39, 0.29) is 40.0 Å². The van der Waals surface area contributed by atoms with Gasteiger partial charge in [0, 0.05) is 22.6 Å². The quantitative estimate of drug-likeness (QED) is 0.917. The lowest BCUT2D eigenvalue weighted by Crippen LogP contribution is -2.18. The minimum Gasteiger partial charge on any atom is -0.504 e. The molecule has 5 nitrogen and oxygen atoms in total. The summed E-state index contributed by atoms with van der Waals surface area (Å²) in [6.07, 6.45) is 1.16. The van der Waals surface area contributed by atoms with Gasteiger partial charge in [-0.3, -0.25) is 9.59 Å². The highest BCUT2D eigenvalue weighted by Crippen LogP contribution is 2.39. The predicted octanol–water partition coefficient (Wildman–Crippen LogP) is 2.46. The molecule has 0 fully saturated rings. The van der Waals surface area contributed by atoms with Crippen molar-refractivity contribution in [1.29, 1.82) is 0 Å². The second-order valence-corrected chi connectivity index (χ2v) is 4.61. The van der Waals surface area contributed by atoms with Gasteiger partial charge in [0.1, 0.15) is 0 Å². The molecular formula is C16H12O5. The second kappa shape index (κ2) is 4.63. The Morgan fingerprint density at radius 1 is 1.00 bits per heavy atom. The summed E-state index contributed by atoms with van der Waals surface area (Å²) in [6, 6.07) is 6.44. The number of phenols is 1. The molecule has 2 aromatic rings. The first-order valence-electron chi connectivity index (χ1n) is 6.26. The number of rotatable bonds is 2. The maximum Gasteiger partial charge on any atom is 0.228 e. The van der Waals surface area contributed by atoms with E-state index in [1.54, 1.807) is 18.2 Å². The number of carbonyl (C=O) groups is 2. The molecule has 3 rings (SSSR count). The molecule has 1 aliphatic rings. The zero-order valence-electron chi connectivity index (χ0n) is 11.5. The van der Waals surface area contributed by atoms with Gasteiger partial charge >= 0.3 is 0 Å². The van der Waals surface area contributed by atoms with Gasteiger partial charge in [0.2, 0.25) is 5.78 Å². The highest BCUT2D eigenvalue weighted by Gasteiger charge is 2.29. The van der Waals surface area contributed by atoms with Gasteiger partial charge in [-0.25, -0.2) is 0 Å². The fourth-order valence-corrected chi connectivity index (χ4v) is 2.57. The Hall–Kier alpha value is -2.82. The third-order valence-electron chi connectivity index (χ3n) is 3.52. The number of ether oxygens (including phenoxy) is 2. The third kappa shape index (κ3) is 1.78. The van der Waals surface area contributed by atoms with E-state index in [1.165, 1.54) is 20.3 Å². The third-order valence-corrected chi connectivity index (χ3v) is 3.52. The molecule has 0 aliphatic heterocycles. The molecular weight excluding hydrogens is 272 g/mol. The second-order valence-electron chi connectivity index (χ2n) is 4.61. The van der Waals surface area contributed by atoms with Crippen molar-refractivity contribution >= 4 is 22.3 Å². The summed E-state index contributed by atoms with van der Waals surface area (Å²) in [7, 11) is 2.74. The van der Waals surface area contributed by atoms with Crippen LogP contribution in [-0.2, 0) is 4.74 Å². The number of aromatic hydroxyl groups is 1. The standard InChI is InChI=1S/C16H12O5/c1-20-12-7-11(18)14-9(15(12)19)5-3-8-4-6-10(17)16(21-2)13(8)14/h3-7,17H,1-2H3. The summed E-state index contributed by atoms with van der Waals surface area (Å²) in [5, 5.41) is 11.0. The zero-order valence-corrected chi connectivity index (χ0v) is 11.5. The number of allylic oxidation sites excluding steroid dienone is 2. The number of phenolic OH excluding ortho intramolecular Hbond substituents is 1. The van der Waals surface area contributed by atoms with Crippen molar-refractivity contribution in [1.82, 2.24) is 0 Å². The lowest BCUT2D eigenvalue weighted by atomic mass is 9.88. The molecule has 1 N–H and O–H groups in total. The summed E-state index contributed by atoms with van der Waals surface area (Å²) < 4.78 is 10.1. The molecule has 0 saturated heterocycles. The monoisotopic (exact) mass is 284 g/mol. The number of benzene rings is 2. The molecule has 0 spiro atoms. The van der Waals surface area contributed by atoms with Crippen LogP contribution in [0, 0.1) is 0 Å². The Bertz CT molecular complexity index is 817. The van der Waals surface area contributed by atoms with E-state index in [0.717, 1.165) is 6.08 Å². The van der Waals surface area contributed by atoms with Crippen LogP contribution in [0.1, 0.15) is 20.7 Å². The molecule has 0 atom stereocenters. The summed E-state index contributed by atoms with van der Waals surface area (Å²) >= 11 is 0. The highest BCUT2D eigenvalue weighted by atomic mass is 16.5. The number of methoxy groups -OCH3 is 2. The van der Waals surface area contributed by atoms with Crippen LogP contribution in [0.5, 0.6) is 11.5 Å². The van der Waals surface area contributed by atoms with Crippen molar-refractivity contribution in [3.63, 3.8) is 0 Å². The molecule has 0 radical (unpaired) electrons. The van der Waals surface area contributed by atoms with E-state index < -0.39 is 0 Å². The van der Waals surface area contributed by atoms with E-state index in [0.29, 0.717) is 10.8 Å². The maximum absolute atomic E-state index is 12.3. The summed E-state index contributed by atoms with van der Waals surface area (Å²) in [4.78, 5) is 24.6. The van der Waals surface area contributed by atoms with Gasteiger partial charge in [-0.15, -0.1) is 0 Å². The lowest BCUT2D eigenvalue weighted by molar-refractivity contribution is 0.0917.